The maximum atomic E-state index is 7.50. The molecule has 1 aromatic carbocycles. The van der Waals surface area contributed by atoms with Gasteiger partial charge >= 0.3 is 0 Å². The fourth-order valence-corrected chi connectivity index (χ4v) is 2.37. The van der Waals surface area contributed by atoms with E-state index in [9.17, 15) is 0 Å². The van der Waals surface area contributed by atoms with E-state index in [0.29, 0.717) is 12.0 Å². The van der Waals surface area contributed by atoms with Crippen LogP contribution in [0.25, 0.3) is 0 Å². The predicted molar refractivity (Wildman–Crippen MR) is 77.9 cm³/mol. The average molecular weight is 245 g/mol. The number of rotatable bonds is 4. The molecular weight excluding hydrogens is 222 g/mol. The molecule has 0 amide bonds. The van der Waals surface area contributed by atoms with Crippen molar-refractivity contribution >= 4 is 11.9 Å². The first kappa shape index (κ1) is 13.1. The minimum Gasteiger partial charge on any atom is -0.382 e. The van der Waals surface area contributed by atoms with Gasteiger partial charge in [0.05, 0.1) is 0 Å². The van der Waals surface area contributed by atoms with Crippen molar-refractivity contribution in [1.29, 1.82) is 5.41 Å². The van der Waals surface area contributed by atoms with Crippen LogP contribution in [0.15, 0.2) is 18.2 Å². The summed E-state index contributed by atoms with van der Waals surface area (Å²) < 4.78 is 0. The van der Waals surface area contributed by atoms with Crippen LogP contribution in [0, 0.1) is 5.41 Å². The highest BCUT2D eigenvalue weighted by Gasteiger charge is 2.14. The van der Waals surface area contributed by atoms with Crippen LogP contribution in [-0.2, 0) is 0 Å². The van der Waals surface area contributed by atoms with Gasteiger partial charge in [0.15, 0.2) is 0 Å². The van der Waals surface area contributed by atoms with Gasteiger partial charge in [-0.2, -0.15) is 0 Å². The lowest BCUT2D eigenvalue weighted by Gasteiger charge is -2.26. The van der Waals surface area contributed by atoms with Gasteiger partial charge < -0.3 is 16.0 Å². The Morgan fingerprint density at radius 2 is 2.06 bits per heavy atom. The Labute approximate surface area is 109 Å². The minimum atomic E-state index is 0.526. The highest BCUT2D eigenvalue weighted by Crippen LogP contribution is 2.23. The zero-order valence-electron chi connectivity index (χ0n) is 11.3. The zero-order chi connectivity index (χ0) is 13.0. The van der Waals surface area contributed by atoms with Crippen molar-refractivity contribution in [1.82, 2.24) is 5.32 Å². The molecule has 0 aliphatic carbocycles. The van der Waals surface area contributed by atoms with Crippen LogP contribution in [0.5, 0.6) is 0 Å². The molecule has 18 heavy (non-hydrogen) atoms. The molecule has 3 N–H and O–H groups in total. The van der Waals surface area contributed by atoms with E-state index in [1.165, 1.54) is 11.8 Å². The lowest BCUT2D eigenvalue weighted by molar-refractivity contribution is 0.479. The summed E-state index contributed by atoms with van der Waals surface area (Å²) in [4.78, 5) is 0. The summed E-state index contributed by atoms with van der Waals surface area (Å²) in [6.45, 7) is 6.57. The standard InChI is InChI=1S/C15H23N3/c1-11(2)12-3-4-13(10-16)15(9-12)18-14-5-7-17-8-6-14/h3-4,9-11,14,16-18H,5-8H2,1-2H3. The molecular formula is C15H23N3. The van der Waals surface area contributed by atoms with Crippen molar-refractivity contribution in [2.75, 3.05) is 18.4 Å². The molecule has 1 aliphatic rings. The lowest BCUT2D eigenvalue weighted by Crippen LogP contribution is -2.35. The molecule has 1 aromatic rings. The molecule has 0 saturated carbocycles. The Morgan fingerprint density at radius 1 is 1.33 bits per heavy atom. The number of anilines is 1. The molecule has 1 aliphatic heterocycles. The summed E-state index contributed by atoms with van der Waals surface area (Å²) in [6, 6.07) is 6.91. The first-order chi connectivity index (χ1) is 8.70. The van der Waals surface area contributed by atoms with E-state index in [-0.39, 0.29) is 0 Å². The molecule has 0 bridgehead atoms. The molecule has 0 aromatic heterocycles. The maximum absolute atomic E-state index is 7.50. The van der Waals surface area contributed by atoms with Gasteiger partial charge in [-0.25, -0.2) is 0 Å². The van der Waals surface area contributed by atoms with E-state index >= 15 is 0 Å². The number of piperidine rings is 1. The second-order valence-electron chi connectivity index (χ2n) is 5.31. The van der Waals surface area contributed by atoms with E-state index in [2.05, 4.69) is 36.6 Å². The van der Waals surface area contributed by atoms with Crippen LogP contribution in [0.2, 0.25) is 0 Å². The summed E-state index contributed by atoms with van der Waals surface area (Å²) in [5.41, 5.74) is 3.43. The molecule has 1 saturated heterocycles. The second-order valence-corrected chi connectivity index (χ2v) is 5.31. The third-order valence-corrected chi connectivity index (χ3v) is 3.60. The molecule has 1 heterocycles. The third-order valence-electron chi connectivity index (χ3n) is 3.60. The summed E-state index contributed by atoms with van der Waals surface area (Å²) >= 11 is 0. The van der Waals surface area contributed by atoms with Crippen molar-refractivity contribution < 1.29 is 0 Å². The SMILES string of the molecule is CC(C)c1ccc(C=N)c(NC2CCNCC2)c1. The van der Waals surface area contributed by atoms with Crippen molar-refractivity contribution in [2.24, 2.45) is 0 Å². The van der Waals surface area contributed by atoms with E-state index in [1.807, 2.05) is 6.07 Å². The van der Waals surface area contributed by atoms with Gasteiger partial charge in [-0.3, -0.25) is 0 Å². The largest absolute Gasteiger partial charge is 0.382 e. The van der Waals surface area contributed by atoms with E-state index in [0.717, 1.165) is 37.2 Å². The molecule has 98 valence electrons. The van der Waals surface area contributed by atoms with Crippen LogP contribution in [-0.4, -0.2) is 25.3 Å². The zero-order valence-corrected chi connectivity index (χ0v) is 11.3. The summed E-state index contributed by atoms with van der Waals surface area (Å²) in [5, 5.41) is 14.5. The lowest BCUT2D eigenvalue weighted by atomic mass is 9.99. The number of benzene rings is 1. The highest BCUT2D eigenvalue weighted by atomic mass is 15.0. The summed E-state index contributed by atoms with van der Waals surface area (Å²) in [6.07, 6.45) is 3.75. The van der Waals surface area contributed by atoms with Gasteiger partial charge in [0.25, 0.3) is 0 Å². The summed E-state index contributed by atoms with van der Waals surface area (Å²) in [5.74, 6) is 0.526. The van der Waals surface area contributed by atoms with E-state index in [4.69, 9.17) is 5.41 Å². The minimum absolute atomic E-state index is 0.526. The van der Waals surface area contributed by atoms with Gasteiger partial charge in [0, 0.05) is 23.5 Å². The quantitative estimate of drug-likeness (QED) is 0.714. The number of hydrogen-bond acceptors (Lipinski definition) is 3. The van der Waals surface area contributed by atoms with Crippen molar-refractivity contribution in [3.63, 3.8) is 0 Å². The molecule has 3 heteroatoms. The highest BCUT2D eigenvalue weighted by molar-refractivity contribution is 5.86. The molecule has 0 radical (unpaired) electrons. The molecule has 0 unspecified atom stereocenters. The van der Waals surface area contributed by atoms with Gasteiger partial charge in [-0.05, 0) is 43.5 Å². The van der Waals surface area contributed by atoms with Crippen molar-refractivity contribution in [3.8, 4) is 0 Å². The second kappa shape index (κ2) is 6.01. The van der Waals surface area contributed by atoms with Crippen molar-refractivity contribution in [3.05, 3.63) is 29.3 Å². The fraction of sp³-hybridized carbons (Fsp3) is 0.533. The third kappa shape index (κ3) is 3.10. The molecule has 1 fully saturated rings. The first-order valence-corrected chi connectivity index (χ1v) is 6.82. The van der Waals surface area contributed by atoms with Crippen LogP contribution in [0.1, 0.15) is 43.7 Å². The molecule has 0 spiro atoms. The first-order valence-electron chi connectivity index (χ1n) is 6.82. The number of nitrogens with one attached hydrogen (secondary N) is 3. The topological polar surface area (TPSA) is 47.9 Å². The molecule has 2 rings (SSSR count). The Kier molecular flexibility index (Phi) is 4.37. The monoisotopic (exact) mass is 245 g/mol. The summed E-state index contributed by atoms with van der Waals surface area (Å²) in [7, 11) is 0. The average Bonchev–Trinajstić information content (AvgIpc) is 2.39. The smallest absolute Gasteiger partial charge is 0.0434 e. The van der Waals surface area contributed by atoms with Crippen LogP contribution in [0.3, 0.4) is 0 Å². The normalized spacial score (nSPS) is 16.8. The van der Waals surface area contributed by atoms with Gasteiger partial charge in [0.1, 0.15) is 0 Å². The van der Waals surface area contributed by atoms with E-state index < -0.39 is 0 Å². The Bertz CT molecular complexity index is 406. The van der Waals surface area contributed by atoms with Crippen LogP contribution >= 0.6 is 0 Å². The maximum Gasteiger partial charge on any atom is 0.0434 e. The molecule has 3 nitrogen and oxygen atoms in total. The van der Waals surface area contributed by atoms with Crippen LogP contribution < -0.4 is 10.6 Å². The number of hydrogen-bond donors (Lipinski definition) is 3. The van der Waals surface area contributed by atoms with Gasteiger partial charge in [-0.15, -0.1) is 0 Å². The van der Waals surface area contributed by atoms with Gasteiger partial charge in [-0.1, -0.05) is 26.0 Å². The van der Waals surface area contributed by atoms with E-state index in [1.54, 1.807) is 0 Å². The Hall–Kier alpha value is -1.35. The molecule has 0 atom stereocenters. The van der Waals surface area contributed by atoms with Gasteiger partial charge in [0.2, 0.25) is 0 Å². The Morgan fingerprint density at radius 3 is 2.67 bits per heavy atom. The van der Waals surface area contributed by atoms with Crippen LogP contribution in [0.4, 0.5) is 5.69 Å². The fourth-order valence-electron chi connectivity index (χ4n) is 2.37. The van der Waals surface area contributed by atoms with Crippen molar-refractivity contribution in [2.45, 2.75) is 38.6 Å². The predicted octanol–water partition coefficient (Wildman–Crippen LogP) is 2.97. The Balaban J connectivity index is 2.17.